The Balaban J connectivity index is 1.71. The number of amides is 2. The van der Waals surface area contributed by atoms with Gasteiger partial charge in [0.1, 0.15) is 6.04 Å². The number of anilines is 1. The molecule has 0 bridgehead atoms. The molecule has 1 atom stereocenters. The number of nitrogens with zero attached hydrogens (tertiary/aromatic N) is 2. The maximum Gasteiger partial charge on any atom is 0.242 e. The zero-order valence-corrected chi connectivity index (χ0v) is 23.4. The van der Waals surface area contributed by atoms with Crippen LogP contribution in [0.4, 0.5) is 5.69 Å². The van der Waals surface area contributed by atoms with Crippen molar-refractivity contribution in [3.63, 3.8) is 0 Å². The van der Waals surface area contributed by atoms with Crippen LogP contribution in [0, 0.1) is 13.8 Å². The smallest absolute Gasteiger partial charge is 0.242 e. The Morgan fingerprint density at radius 3 is 2.35 bits per heavy atom. The molecule has 2 aromatic rings. The summed E-state index contributed by atoms with van der Waals surface area (Å²) >= 11 is 0. The molecular formula is C29H41N3O4S. The van der Waals surface area contributed by atoms with Gasteiger partial charge in [0.05, 0.1) is 11.9 Å². The molecule has 7 nitrogen and oxygen atoms in total. The van der Waals surface area contributed by atoms with Gasteiger partial charge in [-0.3, -0.25) is 13.9 Å². The number of benzene rings is 2. The molecule has 8 heteroatoms. The van der Waals surface area contributed by atoms with Crippen molar-refractivity contribution >= 4 is 27.5 Å². The van der Waals surface area contributed by atoms with Crippen molar-refractivity contribution in [2.24, 2.45) is 0 Å². The molecule has 0 unspecified atom stereocenters. The monoisotopic (exact) mass is 527 g/mol. The fourth-order valence-corrected chi connectivity index (χ4v) is 5.92. The topological polar surface area (TPSA) is 86.8 Å². The van der Waals surface area contributed by atoms with E-state index >= 15 is 0 Å². The number of sulfonamides is 1. The van der Waals surface area contributed by atoms with Gasteiger partial charge in [-0.15, -0.1) is 0 Å². The summed E-state index contributed by atoms with van der Waals surface area (Å²) < 4.78 is 26.6. The molecule has 0 spiro atoms. The second kappa shape index (κ2) is 13.1. The molecule has 0 radical (unpaired) electrons. The minimum atomic E-state index is -3.53. The predicted octanol–water partition coefficient (Wildman–Crippen LogP) is 4.72. The number of carbonyl (C=O) groups excluding carboxylic acids is 2. The number of hydrogen-bond acceptors (Lipinski definition) is 4. The third-order valence-electron chi connectivity index (χ3n) is 7.10. The van der Waals surface area contributed by atoms with Gasteiger partial charge < -0.3 is 10.2 Å². The van der Waals surface area contributed by atoms with Crippen LogP contribution in [-0.4, -0.2) is 50.0 Å². The summed E-state index contributed by atoms with van der Waals surface area (Å²) in [6.07, 6.45) is 7.07. The van der Waals surface area contributed by atoms with Crippen molar-refractivity contribution in [1.29, 1.82) is 0 Å². The number of hydrogen-bond donors (Lipinski definition) is 1. The summed E-state index contributed by atoms with van der Waals surface area (Å²) in [5.41, 5.74) is 3.41. The van der Waals surface area contributed by atoms with Crippen LogP contribution < -0.4 is 9.62 Å². The van der Waals surface area contributed by atoms with E-state index in [0.29, 0.717) is 18.7 Å². The molecule has 0 heterocycles. The van der Waals surface area contributed by atoms with Crippen molar-refractivity contribution < 1.29 is 18.0 Å². The number of carbonyl (C=O) groups is 2. The summed E-state index contributed by atoms with van der Waals surface area (Å²) in [7, 11) is -3.53. The third kappa shape index (κ3) is 8.32. The molecule has 1 N–H and O–H groups in total. The van der Waals surface area contributed by atoms with Gasteiger partial charge in [-0.1, -0.05) is 61.7 Å². The Hall–Kier alpha value is -2.87. The van der Waals surface area contributed by atoms with Gasteiger partial charge in [-0.05, 0) is 62.8 Å². The Labute approximate surface area is 222 Å². The molecule has 1 aliphatic rings. The lowest BCUT2D eigenvalue weighted by Gasteiger charge is -2.31. The predicted molar refractivity (Wildman–Crippen MR) is 149 cm³/mol. The molecule has 0 aliphatic heterocycles. The Morgan fingerprint density at radius 2 is 1.70 bits per heavy atom. The average molecular weight is 528 g/mol. The molecule has 0 aromatic heterocycles. The number of nitrogens with one attached hydrogen (secondary N) is 1. The van der Waals surface area contributed by atoms with E-state index in [1.54, 1.807) is 11.8 Å². The van der Waals surface area contributed by atoms with Crippen molar-refractivity contribution in [3.8, 4) is 0 Å². The van der Waals surface area contributed by atoms with Crippen LogP contribution in [-0.2, 0) is 26.2 Å². The van der Waals surface area contributed by atoms with Crippen LogP contribution in [0.15, 0.2) is 48.5 Å². The van der Waals surface area contributed by atoms with Crippen molar-refractivity contribution in [1.82, 2.24) is 10.2 Å². The maximum absolute atomic E-state index is 13.5. The van der Waals surface area contributed by atoms with Crippen LogP contribution in [0.5, 0.6) is 0 Å². The van der Waals surface area contributed by atoms with Crippen molar-refractivity contribution in [2.75, 3.05) is 17.1 Å². The summed E-state index contributed by atoms with van der Waals surface area (Å²) in [6.45, 7) is 6.10. The summed E-state index contributed by atoms with van der Waals surface area (Å²) in [6, 6.07) is 14.9. The normalized spacial score (nSPS) is 15.1. The van der Waals surface area contributed by atoms with Gasteiger partial charge >= 0.3 is 0 Å². The molecule has 37 heavy (non-hydrogen) atoms. The van der Waals surface area contributed by atoms with E-state index in [4.69, 9.17) is 0 Å². The Kier molecular flexibility index (Phi) is 10.1. The summed E-state index contributed by atoms with van der Waals surface area (Å²) in [5, 5.41) is 3.15. The standard InChI is InChI=1S/C29H41N3O4S/c1-22-17-18-23(2)27(20-22)32(37(4,35)36)19-11-16-28(33)31(21-25-12-7-5-8-13-25)24(3)29(34)30-26-14-9-6-10-15-26/h5,7-8,12-13,17-18,20,24,26H,6,9-11,14-16,19,21H2,1-4H3,(H,30,34)/t24-/m0/s1. The average Bonchev–Trinajstić information content (AvgIpc) is 2.86. The van der Waals surface area contributed by atoms with Crippen molar-refractivity contribution in [2.45, 2.75) is 84.3 Å². The first kappa shape index (κ1) is 28.7. The van der Waals surface area contributed by atoms with Gasteiger partial charge in [0.15, 0.2) is 0 Å². The molecule has 2 aromatic carbocycles. The fourth-order valence-electron chi connectivity index (χ4n) is 4.90. The second-order valence-corrected chi connectivity index (χ2v) is 12.2. The van der Waals surface area contributed by atoms with E-state index < -0.39 is 16.1 Å². The SMILES string of the molecule is Cc1ccc(C)c(N(CCCC(=O)N(Cc2ccccc2)[C@@H](C)C(=O)NC2CCCCC2)S(C)(=O)=O)c1. The second-order valence-electron chi connectivity index (χ2n) is 10.3. The minimum absolute atomic E-state index is 0.135. The molecule has 1 aliphatic carbocycles. The van der Waals surface area contributed by atoms with E-state index in [-0.39, 0.29) is 30.8 Å². The third-order valence-corrected chi connectivity index (χ3v) is 8.28. The van der Waals surface area contributed by atoms with Crippen LogP contribution >= 0.6 is 0 Å². The zero-order chi connectivity index (χ0) is 27.0. The van der Waals surface area contributed by atoms with E-state index in [1.807, 2.05) is 62.4 Å². The first-order valence-corrected chi connectivity index (χ1v) is 15.1. The van der Waals surface area contributed by atoms with Crippen LogP contribution in [0.25, 0.3) is 0 Å². The largest absolute Gasteiger partial charge is 0.352 e. The van der Waals surface area contributed by atoms with E-state index in [2.05, 4.69) is 5.32 Å². The summed E-state index contributed by atoms with van der Waals surface area (Å²) in [5.74, 6) is -0.297. The van der Waals surface area contributed by atoms with Crippen LogP contribution in [0.3, 0.4) is 0 Å². The highest BCUT2D eigenvalue weighted by molar-refractivity contribution is 7.92. The molecule has 1 saturated carbocycles. The number of rotatable bonds is 11. The van der Waals surface area contributed by atoms with Gasteiger partial charge in [0.25, 0.3) is 0 Å². The van der Waals surface area contributed by atoms with Gasteiger partial charge in [0.2, 0.25) is 21.8 Å². The van der Waals surface area contributed by atoms with Gasteiger partial charge in [-0.25, -0.2) is 8.42 Å². The quantitative estimate of drug-likeness (QED) is 0.458. The molecule has 2 amide bonds. The van der Waals surface area contributed by atoms with E-state index in [9.17, 15) is 18.0 Å². The first-order valence-electron chi connectivity index (χ1n) is 13.2. The number of aryl methyl sites for hydroxylation is 2. The molecule has 3 rings (SSSR count). The fraction of sp³-hybridized carbons (Fsp3) is 0.517. The first-order chi connectivity index (χ1) is 17.6. The lowest BCUT2D eigenvalue weighted by Crippen LogP contribution is -2.50. The van der Waals surface area contributed by atoms with Crippen LogP contribution in [0.2, 0.25) is 0 Å². The van der Waals surface area contributed by atoms with E-state index in [0.717, 1.165) is 42.4 Å². The van der Waals surface area contributed by atoms with Crippen LogP contribution in [0.1, 0.15) is 68.6 Å². The Morgan fingerprint density at radius 1 is 1.03 bits per heavy atom. The Bertz CT molecular complexity index is 1160. The lowest BCUT2D eigenvalue weighted by atomic mass is 9.95. The lowest BCUT2D eigenvalue weighted by molar-refractivity contribution is -0.141. The van der Waals surface area contributed by atoms with Gasteiger partial charge in [0, 0.05) is 25.6 Å². The highest BCUT2D eigenvalue weighted by atomic mass is 32.2. The molecule has 1 fully saturated rings. The summed E-state index contributed by atoms with van der Waals surface area (Å²) in [4.78, 5) is 28.2. The molecule has 202 valence electrons. The molecular weight excluding hydrogens is 486 g/mol. The van der Waals surface area contributed by atoms with Crippen molar-refractivity contribution in [3.05, 3.63) is 65.2 Å². The minimum Gasteiger partial charge on any atom is -0.352 e. The highest BCUT2D eigenvalue weighted by Gasteiger charge is 2.28. The maximum atomic E-state index is 13.5. The molecule has 0 saturated heterocycles. The zero-order valence-electron chi connectivity index (χ0n) is 22.6. The highest BCUT2D eigenvalue weighted by Crippen LogP contribution is 2.25. The van der Waals surface area contributed by atoms with E-state index in [1.165, 1.54) is 17.0 Å². The van der Waals surface area contributed by atoms with Gasteiger partial charge in [-0.2, -0.15) is 0 Å².